The quantitative estimate of drug-likeness (QED) is 0.421. The molecule has 0 saturated heterocycles. The number of aromatic nitrogens is 1. The van der Waals surface area contributed by atoms with Crippen LogP contribution in [-0.2, 0) is 11.3 Å². The first-order chi connectivity index (χ1) is 15.8. The molecule has 33 heavy (non-hydrogen) atoms. The molecule has 3 N–H and O–H groups in total. The number of hydrogen-bond acceptors (Lipinski definition) is 4. The van der Waals surface area contributed by atoms with E-state index < -0.39 is 41.1 Å². The molecular weight excluding hydrogens is 427 g/mol. The highest BCUT2D eigenvalue weighted by molar-refractivity contribution is 6.03. The van der Waals surface area contributed by atoms with Crippen molar-refractivity contribution in [1.82, 2.24) is 9.88 Å². The molecule has 4 aromatic rings. The number of carbonyl (C=O) groups is 2. The van der Waals surface area contributed by atoms with E-state index in [0.29, 0.717) is 0 Å². The van der Waals surface area contributed by atoms with Gasteiger partial charge in [-0.3, -0.25) is 14.4 Å². The fourth-order valence-electron chi connectivity index (χ4n) is 3.64. The van der Waals surface area contributed by atoms with E-state index in [1.165, 1.54) is 10.6 Å². The number of carboxylic acid groups (broad SMARTS) is 1. The second-order valence-corrected chi connectivity index (χ2v) is 7.42. The van der Waals surface area contributed by atoms with Gasteiger partial charge in [0.05, 0.1) is 12.1 Å². The zero-order valence-electron chi connectivity index (χ0n) is 17.3. The van der Waals surface area contributed by atoms with E-state index in [1.807, 2.05) is 54.6 Å². The number of pyridine rings is 1. The summed E-state index contributed by atoms with van der Waals surface area (Å²) in [5.41, 5.74) is 1.53. The number of halogens is 1. The van der Waals surface area contributed by atoms with Crippen molar-refractivity contribution in [3.05, 3.63) is 100 Å². The molecule has 3 aromatic carbocycles. The average molecular weight is 446 g/mol. The number of fused-ring (bicyclic) bond motifs is 1. The minimum Gasteiger partial charge on any atom is -0.506 e. The van der Waals surface area contributed by atoms with Gasteiger partial charge in [0, 0.05) is 5.39 Å². The number of aliphatic carboxylic acids is 1. The predicted molar refractivity (Wildman–Crippen MR) is 121 cm³/mol. The van der Waals surface area contributed by atoms with E-state index in [0.717, 1.165) is 28.8 Å². The molecule has 1 amide bonds. The highest BCUT2D eigenvalue weighted by atomic mass is 19.1. The normalized spacial score (nSPS) is 10.8. The fraction of sp³-hybridized carbons (Fsp3) is 0.0800. The molecule has 1 aromatic heterocycles. The lowest BCUT2D eigenvalue weighted by Crippen LogP contribution is -2.36. The first-order valence-corrected chi connectivity index (χ1v) is 10.0. The van der Waals surface area contributed by atoms with Crippen LogP contribution in [0.5, 0.6) is 5.75 Å². The Hall–Kier alpha value is -4.46. The van der Waals surface area contributed by atoms with Crippen molar-refractivity contribution in [3.63, 3.8) is 0 Å². The molecule has 0 bridgehead atoms. The Morgan fingerprint density at radius 3 is 2.27 bits per heavy atom. The van der Waals surface area contributed by atoms with Gasteiger partial charge in [-0.15, -0.1) is 0 Å². The van der Waals surface area contributed by atoms with Crippen LogP contribution in [0, 0.1) is 5.82 Å². The highest BCUT2D eigenvalue weighted by Crippen LogP contribution is 2.28. The second kappa shape index (κ2) is 8.96. The molecule has 1 heterocycles. The van der Waals surface area contributed by atoms with Gasteiger partial charge in [-0.25, -0.2) is 4.39 Å². The first-order valence-electron chi connectivity index (χ1n) is 10.0. The Kier molecular flexibility index (Phi) is 5.91. The van der Waals surface area contributed by atoms with Crippen LogP contribution in [0.3, 0.4) is 0 Å². The summed E-state index contributed by atoms with van der Waals surface area (Å²) in [5, 5.41) is 21.4. The molecule has 7 nitrogen and oxygen atoms in total. The molecule has 0 aliphatic rings. The van der Waals surface area contributed by atoms with Gasteiger partial charge in [0.25, 0.3) is 11.5 Å². The van der Waals surface area contributed by atoms with Gasteiger partial charge in [-0.1, -0.05) is 54.6 Å². The number of aromatic hydroxyl groups is 1. The number of carboxylic acids is 1. The van der Waals surface area contributed by atoms with Crippen molar-refractivity contribution < 1.29 is 24.2 Å². The predicted octanol–water partition coefficient (Wildman–Crippen LogP) is 3.38. The van der Waals surface area contributed by atoms with Crippen molar-refractivity contribution in [3.8, 4) is 16.9 Å². The molecule has 0 saturated carbocycles. The van der Waals surface area contributed by atoms with Crippen LogP contribution in [0.4, 0.5) is 4.39 Å². The van der Waals surface area contributed by atoms with Gasteiger partial charge in [0.2, 0.25) is 0 Å². The van der Waals surface area contributed by atoms with Gasteiger partial charge >= 0.3 is 5.97 Å². The molecule has 0 fully saturated rings. The topological polar surface area (TPSA) is 109 Å². The summed E-state index contributed by atoms with van der Waals surface area (Å²) in [7, 11) is 0. The lowest BCUT2D eigenvalue weighted by atomic mass is 10.0. The molecule has 0 aliphatic heterocycles. The van der Waals surface area contributed by atoms with Gasteiger partial charge in [0.15, 0.2) is 0 Å². The Morgan fingerprint density at radius 2 is 1.61 bits per heavy atom. The number of rotatable bonds is 6. The molecule has 4 rings (SSSR count). The van der Waals surface area contributed by atoms with Crippen LogP contribution in [0.25, 0.3) is 22.0 Å². The molecule has 0 radical (unpaired) electrons. The van der Waals surface area contributed by atoms with E-state index in [2.05, 4.69) is 5.32 Å². The van der Waals surface area contributed by atoms with Gasteiger partial charge in [-0.05, 0) is 34.9 Å². The summed E-state index contributed by atoms with van der Waals surface area (Å²) in [6, 6.07) is 20.7. The Bertz CT molecular complexity index is 1410. The molecule has 166 valence electrons. The number of nitrogens with zero attached hydrogens (tertiary/aromatic N) is 1. The summed E-state index contributed by atoms with van der Waals surface area (Å²) >= 11 is 0. The van der Waals surface area contributed by atoms with Crippen LogP contribution < -0.4 is 10.9 Å². The zero-order valence-corrected chi connectivity index (χ0v) is 17.3. The molecule has 0 atom stereocenters. The maximum atomic E-state index is 13.9. The third kappa shape index (κ3) is 4.45. The van der Waals surface area contributed by atoms with E-state index in [4.69, 9.17) is 5.11 Å². The zero-order chi connectivity index (χ0) is 23.5. The van der Waals surface area contributed by atoms with Crippen LogP contribution in [0.2, 0.25) is 0 Å². The third-order valence-corrected chi connectivity index (χ3v) is 5.23. The lowest BCUT2D eigenvalue weighted by Gasteiger charge is -2.15. The number of amides is 1. The number of carbonyl (C=O) groups excluding carboxylic acids is 1. The minimum atomic E-state index is -1.31. The number of benzene rings is 3. The largest absolute Gasteiger partial charge is 0.506 e. The summed E-state index contributed by atoms with van der Waals surface area (Å²) in [6.07, 6.45) is 0. The van der Waals surface area contributed by atoms with Gasteiger partial charge in [-0.2, -0.15) is 0 Å². The summed E-state index contributed by atoms with van der Waals surface area (Å²) in [4.78, 5) is 36.4. The Labute approximate surface area is 187 Å². The highest BCUT2D eigenvalue weighted by Gasteiger charge is 2.23. The van der Waals surface area contributed by atoms with E-state index in [-0.39, 0.29) is 17.4 Å². The van der Waals surface area contributed by atoms with E-state index in [1.54, 1.807) is 0 Å². The summed E-state index contributed by atoms with van der Waals surface area (Å²) in [5.74, 6) is -3.73. The first kappa shape index (κ1) is 21.8. The molecule has 8 heteroatoms. The maximum Gasteiger partial charge on any atom is 0.322 e. The molecular formula is C25H19FN2O5. The summed E-state index contributed by atoms with van der Waals surface area (Å²) < 4.78 is 15.1. The Morgan fingerprint density at radius 1 is 0.939 bits per heavy atom. The van der Waals surface area contributed by atoms with Crippen molar-refractivity contribution in [1.29, 1.82) is 0 Å². The monoisotopic (exact) mass is 446 g/mol. The van der Waals surface area contributed by atoms with Crippen LogP contribution in [-0.4, -0.2) is 33.2 Å². The van der Waals surface area contributed by atoms with Crippen LogP contribution in [0.1, 0.15) is 15.9 Å². The standard InChI is InChI=1S/C25H19FN2O5/c26-18-10-11-20-19(12-18)23(31)22(24(32)27-13-21(29)30)25(33)28(20)14-15-6-8-17(9-7-15)16-4-2-1-3-5-16/h1-12,31H,13-14H2,(H,27,32)(H,29,30). The van der Waals surface area contributed by atoms with Crippen molar-refractivity contribution in [2.45, 2.75) is 6.54 Å². The average Bonchev–Trinajstić information content (AvgIpc) is 2.81. The van der Waals surface area contributed by atoms with E-state index in [9.17, 15) is 23.9 Å². The maximum absolute atomic E-state index is 13.9. The molecule has 0 spiro atoms. The van der Waals surface area contributed by atoms with Crippen LogP contribution >= 0.6 is 0 Å². The number of nitrogens with one attached hydrogen (secondary N) is 1. The minimum absolute atomic E-state index is 0.0315. The molecule has 0 aliphatic carbocycles. The lowest BCUT2D eigenvalue weighted by molar-refractivity contribution is -0.135. The van der Waals surface area contributed by atoms with E-state index >= 15 is 0 Å². The molecule has 0 unspecified atom stereocenters. The number of hydrogen-bond donors (Lipinski definition) is 3. The smallest absolute Gasteiger partial charge is 0.322 e. The second-order valence-electron chi connectivity index (χ2n) is 7.42. The van der Waals surface area contributed by atoms with Crippen molar-refractivity contribution in [2.75, 3.05) is 6.54 Å². The van der Waals surface area contributed by atoms with Crippen molar-refractivity contribution in [2.24, 2.45) is 0 Å². The van der Waals surface area contributed by atoms with Gasteiger partial charge < -0.3 is 20.1 Å². The Balaban J connectivity index is 1.79. The fourth-order valence-corrected chi connectivity index (χ4v) is 3.64. The van der Waals surface area contributed by atoms with Gasteiger partial charge in [0.1, 0.15) is 23.7 Å². The van der Waals surface area contributed by atoms with Crippen molar-refractivity contribution >= 4 is 22.8 Å². The SMILES string of the molecule is O=C(O)CNC(=O)c1c(O)c2cc(F)ccc2n(Cc2ccc(-c3ccccc3)cc2)c1=O. The third-order valence-electron chi connectivity index (χ3n) is 5.23. The summed E-state index contributed by atoms with van der Waals surface area (Å²) in [6.45, 7) is -0.685. The van der Waals surface area contributed by atoms with Crippen LogP contribution in [0.15, 0.2) is 77.6 Å².